The fraction of sp³-hybridized carbons (Fsp3) is 0.333. The fourth-order valence-corrected chi connectivity index (χ4v) is 3.94. The quantitative estimate of drug-likeness (QED) is 0.212. The van der Waals surface area contributed by atoms with E-state index in [1.54, 1.807) is 28.1 Å². The normalized spacial score (nSPS) is 11.7. The summed E-state index contributed by atoms with van der Waals surface area (Å²) >= 11 is 12.4. The molecule has 0 aliphatic heterocycles. The van der Waals surface area contributed by atoms with Gasteiger partial charge in [-0.3, -0.25) is 9.83 Å². The van der Waals surface area contributed by atoms with Crippen LogP contribution in [0.15, 0.2) is 47.5 Å². The number of aliphatic imine (C=N–C) groups is 1. The average molecular weight is 530 g/mol. The molecular weight excluding hydrogens is 502 g/mol. The topological polar surface area (TPSA) is 54.7 Å². The van der Waals surface area contributed by atoms with Gasteiger partial charge in [0.15, 0.2) is 5.84 Å². The van der Waals surface area contributed by atoms with Crippen molar-refractivity contribution in [3.8, 4) is 5.69 Å². The van der Waals surface area contributed by atoms with Crippen molar-refractivity contribution in [2.45, 2.75) is 33.6 Å². The van der Waals surface area contributed by atoms with Crippen molar-refractivity contribution >= 4 is 34.9 Å². The van der Waals surface area contributed by atoms with Gasteiger partial charge in [0, 0.05) is 26.7 Å². The van der Waals surface area contributed by atoms with Crippen molar-refractivity contribution < 1.29 is 18.0 Å². The van der Waals surface area contributed by atoms with E-state index in [1.165, 1.54) is 9.75 Å². The molecule has 0 saturated carbocycles. The number of hydrogen-bond donors (Lipinski definition) is 1. The van der Waals surface area contributed by atoms with Crippen molar-refractivity contribution in [2.75, 3.05) is 26.5 Å². The Morgan fingerprint density at radius 2 is 1.71 bits per heavy atom. The van der Waals surface area contributed by atoms with Gasteiger partial charge in [-0.1, -0.05) is 67.4 Å². The molecular formula is C24H28Cl2F3N5O. The first-order chi connectivity index (χ1) is 16.6. The van der Waals surface area contributed by atoms with Crippen LogP contribution in [0.4, 0.5) is 19.0 Å². The number of nitrogens with one attached hydrogen (secondary N) is 1. The van der Waals surface area contributed by atoms with E-state index < -0.39 is 11.7 Å². The van der Waals surface area contributed by atoms with Gasteiger partial charge in [0.25, 0.3) is 0 Å². The number of aromatic nitrogens is 2. The Labute approximate surface area is 213 Å². The number of benzene rings is 2. The minimum Gasteiger partial charge on any atom is -0.373 e. The molecule has 0 aliphatic carbocycles. The van der Waals surface area contributed by atoms with Crippen LogP contribution in [0.3, 0.4) is 0 Å². The maximum absolute atomic E-state index is 13.1. The summed E-state index contributed by atoms with van der Waals surface area (Å²) in [4.78, 5) is 10.1. The summed E-state index contributed by atoms with van der Waals surface area (Å²) in [5, 5.41) is 8.67. The van der Waals surface area contributed by atoms with Crippen LogP contribution in [-0.4, -0.2) is 41.8 Å². The molecule has 11 heteroatoms. The minimum absolute atomic E-state index is 0.119. The summed E-state index contributed by atoms with van der Waals surface area (Å²) in [6.07, 6.45) is -4.58. The SMILES string of the molecule is CC.CN=C(c1nn(-c2c(Cl)cc(C(F)(F)F)cc2Cl)c(NC)c1C)N(C)OCc1ccccc1. The predicted molar refractivity (Wildman–Crippen MR) is 136 cm³/mol. The van der Waals surface area contributed by atoms with E-state index in [9.17, 15) is 13.2 Å². The van der Waals surface area contributed by atoms with Crippen molar-refractivity contribution in [1.29, 1.82) is 0 Å². The lowest BCUT2D eigenvalue weighted by Crippen LogP contribution is -2.29. The maximum Gasteiger partial charge on any atom is 0.416 e. The molecule has 2 aromatic carbocycles. The second-order valence-electron chi connectivity index (χ2n) is 7.07. The van der Waals surface area contributed by atoms with Crippen molar-refractivity contribution in [3.63, 3.8) is 0 Å². The Morgan fingerprint density at radius 1 is 1.14 bits per heavy atom. The third-order valence-corrected chi connectivity index (χ3v) is 5.48. The van der Waals surface area contributed by atoms with Crippen molar-refractivity contribution in [1.82, 2.24) is 14.8 Å². The van der Waals surface area contributed by atoms with E-state index in [0.29, 0.717) is 29.5 Å². The molecule has 6 nitrogen and oxygen atoms in total. The molecule has 35 heavy (non-hydrogen) atoms. The van der Waals surface area contributed by atoms with Gasteiger partial charge in [-0.05, 0) is 24.6 Å². The number of anilines is 1. The standard InChI is InChI=1S/C22H22Cl2F3N5O.C2H6/c1-13-18(21(29-3)31(4)33-12-14-8-6-5-7-9-14)30-32(20(13)28-2)19-16(23)10-15(11-17(19)24)22(25,26)27;1-2/h5-11,28H,12H2,1-4H3;1-2H3. The number of halogens is 5. The van der Waals surface area contributed by atoms with Crippen LogP contribution >= 0.6 is 23.2 Å². The molecule has 3 aromatic rings. The Morgan fingerprint density at radius 3 is 2.20 bits per heavy atom. The van der Waals surface area contributed by atoms with Crippen molar-refractivity contribution in [3.05, 3.63) is 74.9 Å². The van der Waals surface area contributed by atoms with Crippen LogP contribution in [0.1, 0.15) is 36.2 Å². The molecule has 1 aromatic heterocycles. The van der Waals surface area contributed by atoms with E-state index in [-0.39, 0.29) is 15.7 Å². The van der Waals surface area contributed by atoms with Gasteiger partial charge in [0.1, 0.15) is 17.2 Å². The molecule has 3 rings (SSSR count). The molecule has 0 radical (unpaired) electrons. The molecule has 0 aliphatic rings. The van der Waals surface area contributed by atoms with E-state index in [0.717, 1.165) is 17.7 Å². The molecule has 0 unspecified atom stereocenters. The molecule has 0 amide bonds. The van der Waals surface area contributed by atoms with Crippen LogP contribution < -0.4 is 5.32 Å². The summed E-state index contributed by atoms with van der Waals surface area (Å²) < 4.78 is 40.8. The second kappa shape index (κ2) is 12.3. The lowest BCUT2D eigenvalue weighted by Gasteiger charge is -2.19. The second-order valence-corrected chi connectivity index (χ2v) is 7.89. The van der Waals surface area contributed by atoms with Crippen LogP contribution in [-0.2, 0) is 17.6 Å². The number of rotatable bonds is 6. The van der Waals surface area contributed by atoms with Gasteiger partial charge < -0.3 is 5.32 Å². The van der Waals surface area contributed by atoms with Gasteiger partial charge in [0.05, 0.1) is 22.2 Å². The van der Waals surface area contributed by atoms with Gasteiger partial charge in [0.2, 0.25) is 0 Å². The number of nitrogens with zero attached hydrogens (tertiary/aromatic N) is 4. The van der Waals surface area contributed by atoms with Crippen molar-refractivity contribution in [2.24, 2.45) is 4.99 Å². The van der Waals surface area contributed by atoms with Gasteiger partial charge in [-0.15, -0.1) is 0 Å². The zero-order chi connectivity index (χ0) is 26.3. The zero-order valence-electron chi connectivity index (χ0n) is 20.3. The predicted octanol–water partition coefficient (Wildman–Crippen LogP) is 7.01. The monoisotopic (exact) mass is 529 g/mol. The third kappa shape index (κ3) is 6.48. The molecule has 0 saturated heterocycles. The molecule has 0 fully saturated rings. The summed E-state index contributed by atoms with van der Waals surface area (Å²) in [6, 6.07) is 11.3. The highest BCUT2D eigenvalue weighted by Crippen LogP contribution is 2.39. The summed E-state index contributed by atoms with van der Waals surface area (Å²) in [5.41, 5.74) is 1.28. The number of amidine groups is 1. The zero-order valence-corrected chi connectivity index (χ0v) is 21.8. The highest BCUT2D eigenvalue weighted by Gasteiger charge is 2.33. The van der Waals surface area contributed by atoms with Crippen LogP contribution in [0.5, 0.6) is 0 Å². The molecule has 1 N–H and O–H groups in total. The largest absolute Gasteiger partial charge is 0.416 e. The molecule has 0 bridgehead atoms. The highest BCUT2D eigenvalue weighted by atomic mass is 35.5. The first-order valence-electron chi connectivity index (χ1n) is 10.8. The van der Waals surface area contributed by atoms with Crippen LogP contribution in [0, 0.1) is 6.92 Å². The Hall–Kier alpha value is -2.75. The number of hydroxylamine groups is 2. The summed E-state index contributed by atoms with van der Waals surface area (Å²) in [5.74, 6) is 0.906. The van der Waals surface area contributed by atoms with Gasteiger partial charge in [-0.25, -0.2) is 9.75 Å². The van der Waals surface area contributed by atoms with E-state index in [4.69, 9.17) is 28.0 Å². The van der Waals surface area contributed by atoms with E-state index in [1.807, 2.05) is 44.2 Å². The maximum atomic E-state index is 13.1. The van der Waals surface area contributed by atoms with Gasteiger partial charge >= 0.3 is 6.18 Å². The first-order valence-corrected chi connectivity index (χ1v) is 11.6. The number of alkyl halides is 3. The minimum atomic E-state index is -4.58. The summed E-state index contributed by atoms with van der Waals surface area (Å²) in [7, 11) is 4.95. The van der Waals surface area contributed by atoms with Gasteiger partial charge in [-0.2, -0.15) is 18.3 Å². The lowest BCUT2D eigenvalue weighted by atomic mass is 10.2. The molecule has 0 atom stereocenters. The van der Waals surface area contributed by atoms with E-state index in [2.05, 4.69) is 15.4 Å². The Kier molecular flexibility index (Phi) is 10.00. The first kappa shape index (κ1) is 28.5. The fourth-order valence-electron chi connectivity index (χ4n) is 3.30. The molecule has 0 spiro atoms. The van der Waals surface area contributed by atoms with E-state index >= 15 is 0 Å². The number of hydrogen-bond acceptors (Lipinski definition) is 4. The Bertz CT molecular complexity index is 1140. The van der Waals surface area contributed by atoms with Crippen LogP contribution in [0.2, 0.25) is 10.0 Å². The molecule has 190 valence electrons. The lowest BCUT2D eigenvalue weighted by molar-refractivity contribution is -0.137. The molecule has 1 heterocycles. The highest BCUT2D eigenvalue weighted by molar-refractivity contribution is 6.38. The average Bonchev–Trinajstić information content (AvgIpc) is 3.14. The Balaban J connectivity index is 0.00000210. The third-order valence-electron chi connectivity index (χ3n) is 4.90. The summed E-state index contributed by atoms with van der Waals surface area (Å²) in [6.45, 7) is 6.11. The smallest absolute Gasteiger partial charge is 0.373 e. The van der Waals surface area contributed by atoms with Crippen LogP contribution in [0.25, 0.3) is 5.69 Å².